The van der Waals surface area contributed by atoms with Crippen LogP contribution in [0, 0.1) is 6.92 Å². The highest BCUT2D eigenvalue weighted by atomic mass is 32.1. The molecule has 2 amide bonds. The Bertz CT molecular complexity index is 543. The molecule has 2 aliphatic rings. The number of nitrogens with zero attached hydrogens (tertiary/aromatic N) is 3. The predicted molar refractivity (Wildman–Crippen MR) is 81.2 cm³/mol. The van der Waals surface area contributed by atoms with Crippen molar-refractivity contribution in [3.8, 4) is 0 Å². The molecule has 3 rings (SSSR count). The van der Waals surface area contributed by atoms with E-state index in [1.165, 1.54) is 0 Å². The number of hydrogen-bond acceptors (Lipinski definition) is 4. The van der Waals surface area contributed by atoms with Crippen molar-refractivity contribution in [1.29, 1.82) is 0 Å². The van der Waals surface area contributed by atoms with Crippen molar-refractivity contribution in [3.05, 3.63) is 16.1 Å². The summed E-state index contributed by atoms with van der Waals surface area (Å²) in [6, 6.07) is 0. The quantitative estimate of drug-likeness (QED) is 0.855. The number of piperidine rings is 1. The molecule has 6 heteroatoms. The van der Waals surface area contributed by atoms with Crippen molar-refractivity contribution in [2.75, 3.05) is 26.2 Å². The third-order valence-corrected chi connectivity index (χ3v) is 5.38. The minimum absolute atomic E-state index is 0.0863. The standard InChI is InChI=1S/C15H21N3O2S/c1-11-10-21-15(16-11)12-4-2-6-17(8-12)14(20)9-18-7-3-5-13(18)19/h10,12H,2-9H2,1H3. The first-order valence-electron chi connectivity index (χ1n) is 7.61. The van der Waals surface area contributed by atoms with Gasteiger partial charge >= 0.3 is 0 Å². The second kappa shape index (κ2) is 6.13. The number of rotatable bonds is 3. The fourth-order valence-corrected chi connectivity index (χ4v) is 4.02. The van der Waals surface area contributed by atoms with E-state index in [1.807, 2.05) is 11.8 Å². The fraction of sp³-hybridized carbons (Fsp3) is 0.667. The van der Waals surface area contributed by atoms with Gasteiger partial charge in [-0.25, -0.2) is 4.98 Å². The van der Waals surface area contributed by atoms with E-state index in [-0.39, 0.29) is 18.4 Å². The number of carbonyl (C=O) groups excluding carboxylic acids is 2. The van der Waals surface area contributed by atoms with E-state index in [9.17, 15) is 9.59 Å². The van der Waals surface area contributed by atoms with Crippen LogP contribution in [0.1, 0.15) is 42.3 Å². The molecule has 0 radical (unpaired) electrons. The van der Waals surface area contributed by atoms with Crippen LogP contribution in [0.3, 0.4) is 0 Å². The Balaban J connectivity index is 1.60. The van der Waals surface area contributed by atoms with Gasteiger partial charge in [0.05, 0.1) is 11.6 Å². The molecule has 2 aliphatic heterocycles. The number of likely N-dealkylation sites (tertiary alicyclic amines) is 2. The van der Waals surface area contributed by atoms with Crippen LogP contribution in [0.15, 0.2) is 5.38 Å². The van der Waals surface area contributed by atoms with Crippen molar-refractivity contribution in [1.82, 2.24) is 14.8 Å². The zero-order valence-corrected chi connectivity index (χ0v) is 13.2. The van der Waals surface area contributed by atoms with Gasteiger partial charge in [-0.15, -0.1) is 11.3 Å². The van der Waals surface area contributed by atoms with Gasteiger partial charge in [0.25, 0.3) is 0 Å². The second-order valence-corrected chi connectivity index (χ2v) is 6.81. The number of thiazole rings is 1. The molecule has 0 bridgehead atoms. The number of amides is 2. The van der Waals surface area contributed by atoms with E-state index in [1.54, 1.807) is 16.2 Å². The van der Waals surface area contributed by atoms with Crippen molar-refractivity contribution in [2.45, 2.75) is 38.5 Å². The highest BCUT2D eigenvalue weighted by Gasteiger charge is 2.29. The first-order chi connectivity index (χ1) is 10.1. The fourth-order valence-electron chi connectivity index (χ4n) is 3.10. The Labute approximate surface area is 129 Å². The van der Waals surface area contributed by atoms with Crippen LogP contribution >= 0.6 is 11.3 Å². The summed E-state index contributed by atoms with van der Waals surface area (Å²) < 4.78 is 0. The van der Waals surface area contributed by atoms with Crippen molar-refractivity contribution < 1.29 is 9.59 Å². The molecule has 1 atom stereocenters. The Morgan fingerprint density at radius 3 is 2.95 bits per heavy atom. The summed E-state index contributed by atoms with van der Waals surface area (Å²) >= 11 is 1.69. The predicted octanol–water partition coefficient (Wildman–Crippen LogP) is 1.78. The molecule has 0 spiro atoms. The van der Waals surface area contributed by atoms with Gasteiger partial charge in [0.1, 0.15) is 0 Å². The molecule has 0 aromatic carbocycles. The number of hydrogen-bond donors (Lipinski definition) is 0. The first kappa shape index (κ1) is 14.5. The Morgan fingerprint density at radius 1 is 1.43 bits per heavy atom. The molecule has 1 aromatic rings. The van der Waals surface area contributed by atoms with Crippen LogP contribution in [0.25, 0.3) is 0 Å². The van der Waals surface area contributed by atoms with Gasteiger partial charge in [0, 0.05) is 43.0 Å². The molecule has 2 fully saturated rings. The summed E-state index contributed by atoms with van der Waals surface area (Å²) in [6.07, 6.45) is 3.59. The summed E-state index contributed by atoms with van der Waals surface area (Å²) in [6.45, 7) is 4.54. The summed E-state index contributed by atoms with van der Waals surface area (Å²) in [5.41, 5.74) is 1.06. The van der Waals surface area contributed by atoms with E-state index in [0.717, 1.165) is 49.6 Å². The third kappa shape index (κ3) is 3.26. The molecule has 21 heavy (non-hydrogen) atoms. The van der Waals surface area contributed by atoms with Gasteiger partial charge in [-0.2, -0.15) is 0 Å². The van der Waals surface area contributed by atoms with Crippen molar-refractivity contribution in [3.63, 3.8) is 0 Å². The largest absolute Gasteiger partial charge is 0.340 e. The topological polar surface area (TPSA) is 53.5 Å². The molecular formula is C15H21N3O2S. The van der Waals surface area contributed by atoms with Gasteiger partial charge in [0.15, 0.2) is 0 Å². The summed E-state index contributed by atoms with van der Waals surface area (Å²) in [7, 11) is 0. The first-order valence-corrected chi connectivity index (χ1v) is 8.49. The van der Waals surface area contributed by atoms with Gasteiger partial charge in [-0.3, -0.25) is 9.59 Å². The van der Waals surface area contributed by atoms with Crippen LogP contribution < -0.4 is 0 Å². The van der Waals surface area contributed by atoms with E-state index in [0.29, 0.717) is 12.3 Å². The van der Waals surface area contributed by atoms with E-state index >= 15 is 0 Å². The maximum absolute atomic E-state index is 12.4. The highest BCUT2D eigenvalue weighted by Crippen LogP contribution is 2.29. The van der Waals surface area contributed by atoms with Gasteiger partial charge in [-0.1, -0.05) is 0 Å². The van der Waals surface area contributed by atoms with Gasteiger partial charge < -0.3 is 9.80 Å². The van der Waals surface area contributed by atoms with Crippen LogP contribution in [0.5, 0.6) is 0 Å². The zero-order chi connectivity index (χ0) is 14.8. The smallest absolute Gasteiger partial charge is 0.242 e. The number of aromatic nitrogens is 1. The Kier molecular flexibility index (Phi) is 4.24. The lowest BCUT2D eigenvalue weighted by molar-refractivity contribution is -0.139. The molecule has 2 saturated heterocycles. The molecule has 114 valence electrons. The van der Waals surface area contributed by atoms with E-state index in [4.69, 9.17) is 0 Å². The highest BCUT2D eigenvalue weighted by molar-refractivity contribution is 7.09. The average Bonchev–Trinajstić information content (AvgIpc) is 3.08. The monoisotopic (exact) mass is 307 g/mol. The number of carbonyl (C=O) groups is 2. The van der Waals surface area contributed by atoms with Crippen LogP contribution in [-0.2, 0) is 9.59 Å². The van der Waals surface area contributed by atoms with E-state index in [2.05, 4.69) is 10.4 Å². The average molecular weight is 307 g/mol. The van der Waals surface area contributed by atoms with Crippen LogP contribution in [0.2, 0.25) is 0 Å². The lowest BCUT2D eigenvalue weighted by Gasteiger charge is -2.33. The molecule has 1 aromatic heterocycles. The number of aryl methyl sites for hydroxylation is 1. The summed E-state index contributed by atoms with van der Waals surface area (Å²) in [5, 5.41) is 3.21. The SMILES string of the molecule is Cc1csc(C2CCCN(C(=O)CN3CCCC3=O)C2)n1. The second-order valence-electron chi connectivity index (χ2n) is 5.92. The van der Waals surface area contributed by atoms with Crippen molar-refractivity contribution >= 4 is 23.2 Å². The molecule has 0 N–H and O–H groups in total. The summed E-state index contributed by atoms with van der Waals surface area (Å²) in [5.74, 6) is 0.561. The molecule has 0 aliphatic carbocycles. The van der Waals surface area contributed by atoms with Crippen molar-refractivity contribution in [2.24, 2.45) is 0 Å². The molecule has 1 unspecified atom stereocenters. The maximum atomic E-state index is 12.4. The summed E-state index contributed by atoms with van der Waals surface area (Å²) in [4.78, 5) is 32.2. The third-order valence-electron chi connectivity index (χ3n) is 4.26. The lowest BCUT2D eigenvalue weighted by atomic mass is 9.98. The maximum Gasteiger partial charge on any atom is 0.242 e. The molecule has 5 nitrogen and oxygen atoms in total. The van der Waals surface area contributed by atoms with Crippen LogP contribution in [0.4, 0.5) is 0 Å². The van der Waals surface area contributed by atoms with Gasteiger partial charge in [0.2, 0.25) is 11.8 Å². The Morgan fingerprint density at radius 2 is 2.29 bits per heavy atom. The minimum Gasteiger partial charge on any atom is -0.340 e. The molecular weight excluding hydrogens is 286 g/mol. The molecule has 3 heterocycles. The lowest BCUT2D eigenvalue weighted by Crippen LogP contribution is -2.44. The van der Waals surface area contributed by atoms with Crippen LogP contribution in [-0.4, -0.2) is 52.8 Å². The molecule has 0 saturated carbocycles. The van der Waals surface area contributed by atoms with Gasteiger partial charge in [-0.05, 0) is 26.2 Å². The minimum atomic E-state index is 0.0863. The normalized spacial score (nSPS) is 22.9. The van der Waals surface area contributed by atoms with E-state index < -0.39 is 0 Å². The Hall–Kier alpha value is -1.43. The zero-order valence-electron chi connectivity index (χ0n) is 12.4.